The van der Waals surface area contributed by atoms with E-state index in [4.69, 9.17) is 0 Å². The molecule has 0 spiro atoms. The third kappa shape index (κ3) is 5.23. The maximum atomic E-state index is 13.7. The number of amides is 1. The molecule has 6 heteroatoms. The van der Waals surface area contributed by atoms with E-state index in [-0.39, 0.29) is 22.8 Å². The molecular weight excluding hydrogens is 444 g/mol. The number of carbonyl (C=O) groups excluding carboxylic acids is 1. The van der Waals surface area contributed by atoms with Crippen molar-refractivity contribution >= 4 is 15.9 Å². The zero-order valence-corrected chi connectivity index (χ0v) is 21.7. The lowest BCUT2D eigenvalue weighted by molar-refractivity contribution is -0.120. The lowest BCUT2D eigenvalue weighted by Crippen LogP contribution is -2.56. The fourth-order valence-corrected chi connectivity index (χ4v) is 7.48. The first kappa shape index (κ1) is 24.9. The van der Waals surface area contributed by atoms with Gasteiger partial charge in [-0.3, -0.25) is 4.79 Å². The smallest absolute Gasteiger partial charge is 0.243 e. The molecule has 1 N–H and O–H groups in total. The van der Waals surface area contributed by atoms with E-state index in [2.05, 4.69) is 50.4 Å². The zero-order chi connectivity index (χ0) is 24.6. The summed E-state index contributed by atoms with van der Waals surface area (Å²) in [5.74, 6) is 0.396. The van der Waals surface area contributed by atoms with Crippen LogP contribution in [0.4, 0.5) is 0 Å². The van der Waals surface area contributed by atoms with Crippen LogP contribution in [-0.4, -0.2) is 37.8 Å². The Morgan fingerprint density at radius 1 is 1.06 bits per heavy atom. The molecule has 3 atom stereocenters. The van der Waals surface area contributed by atoms with Gasteiger partial charge in [0.25, 0.3) is 0 Å². The SMILES string of the molecule is CC(=O)N[C@H]1CC[C@]2(Cc3ccccc3)CN(S(=O)(=O)c3ccc(C(C)(C)C)cc3)CC[C@H]2C1. The Labute approximate surface area is 205 Å². The molecule has 1 aliphatic carbocycles. The number of carbonyl (C=O) groups is 1. The van der Waals surface area contributed by atoms with Crippen molar-refractivity contribution in [1.29, 1.82) is 0 Å². The molecule has 34 heavy (non-hydrogen) atoms. The van der Waals surface area contributed by atoms with Crippen molar-refractivity contribution in [2.24, 2.45) is 11.3 Å². The van der Waals surface area contributed by atoms with Crippen LogP contribution < -0.4 is 5.32 Å². The Bertz CT molecular complexity index is 1110. The Kier molecular flexibility index (Phi) is 6.94. The van der Waals surface area contributed by atoms with Crippen LogP contribution >= 0.6 is 0 Å². The van der Waals surface area contributed by atoms with E-state index in [9.17, 15) is 13.2 Å². The van der Waals surface area contributed by atoms with E-state index in [1.807, 2.05) is 18.2 Å². The summed E-state index contributed by atoms with van der Waals surface area (Å²) in [5.41, 5.74) is 2.24. The zero-order valence-electron chi connectivity index (χ0n) is 20.9. The first-order valence-corrected chi connectivity index (χ1v) is 13.9. The fourth-order valence-electron chi connectivity index (χ4n) is 5.93. The second-order valence-corrected chi connectivity index (χ2v) is 13.2. The first-order chi connectivity index (χ1) is 16.0. The third-order valence-electron chi connectivity index (χ3n) is 7.81. The number of fused-ring (bicyclic) bond motifs is 1. The summed E-state index contributed by atoms with van der Waals surface area (Å²) < 4.78 is 29.1. The lowest BCUT2D eigenvalue weighted by Gasteiger charge is -2.52. The maximum absolute atomic E-state index is 13.7. The summed E-state index contributed by atoms with van der Waals surface area (Å²) in [4.78, 5) is 12.0. The highest BCUT2D eigenvalue weighted by molar-refractivity contribution is 7.89. The van der Waals surface area contributed by atoms with Crippen LogP contribution in [0, 0.1) is 11.3 Å². The summed E-state index contributed by atoms with van der Waals surface area (Å²) in [5, 5.41) is 3.11. The average Bonchev–Trinajstić information content (AvgIpc) is 2.79. The van der Waals surface area contributed by atoms with Crippen molar-refractivity contribution in [3.05, 3.63) is 65.7 Å². The number of piperidine rings is 1. The molecule has 1 saturated carbocycles. The van der Waals surface area contributed by atoms with Gasteiger partial charge in [-0.1, -0.05) is 63.2 Å². The number of nitrogens with one attached hydrogen (secondary N) is 1. The molecule has 0 radical (unpaired) electrons. The molecule has 5 nitrogen and oxygen atoms in total. The van der Waals surface area contributed by atoms with Crippen LogP contribution in [-0.2, 0) is 26.7 Å². The molecule has 1 aliphatic heterocycles. The minimum atomic E-state index is -3.57. The molecule has 1 saturated heterocycles. The molecule has 2 aliphatic rings. The van der Waals surface area contributed by atoms with Gasteiger partial charge in [0.2, 0.25) is 15.9 Å². The van der Waals surface area contributed by atoms with Crippen LogP contribution in [0.2, 0.25) is 0 Å². The second-order valence-electron chi connectivity index (χ2n) is 11.3. The molecule has 1 amide bonds. The van der Waals surface area contributed by atoms with Gasteiger partial charge in [-0.15, -0.1) is 0 Å². The van der Waals surface area contributed by atoms with Gasteiger partial charge >= 0.3 is 0 Å². The summed E-state index contributed by atoms with van der Waals surface area (Å²) in [6, 6.07) is 18.0. The molecule has 1 heterocycles. The van der Waals surface area contributed by atoms with Gasteiger partial charge in [-0.2, -0.15) is 4.31 Å². The van der Waals surface area contributed by atoms with Crippen molar-refractivity contribution in [3.63, 3.8) is 0 Å². The Morgan fingerprint density at radius 2 is 1.74 bits per heavy atom. The van der Waals surface area contributed by atoms with Crippen LogP contribution in [0.15, 0.2) is 59.5 Å². The van der Waals surface area contributed by atoms with E-state index in [1.165, 1.54) is 5.56 Å². The highest BCUT2D eigenvalue weighted by atomic mass is 32.2. The highest BCUT2D eigenvalue weighted by Crippen LogP contribution is 2.49. The van der Waals surface area contributed by atoms with Gasteiger partial charge in [0.15, 0.2) is 0 Å². The quantitative estimate of drug-likeness (QED) is 0.658. The van der Waals surface area contributed by atoms with Crippen molar-refractivity contribution in [1.82, 2.24) is 9.62 Å². The Morgan fingerprint density at radius 3 is 2.35 bits per heavy atom. The van der Waals surface area contributed by atoms with Crippen molar-refractivity contribution in [3.8, 4) is 0 Å². The number of nitrogens with zero attached hydrogens (tertiary/aromatic N) is 1. The van der Waals surface area contributed by atoms with Gasteiger partial charge in [-0.25, -0.2) is 8.42 Å². The maximum Gasteiger partial charge on any atom is 0.243 e. The molecule has 2 fully saturated rings. The number of hydrogen-bond donors (Lipinski definition) is 1. The second kappa shape index (κ2) is 9.46. The topological polar surface area (TPSA) is 66.5 Å². The molecule has 0 bridgehead atoms. The monoisotopic (exact) mass is 482 g/mol. The predicted molar refractivity (Wildman–Crippen MR) is 136 cm³/mol. The fraction of sp³-hybridized carbons (Fsp3) is 0.536. The highest BCUT2D eigenvalue weighted by Gasteiger charge is 2.49. The van der Waals surface area contributed by atoms with Crippen LogP contribution in [0.25, 0.3) is 0 Å². The molecule has 2 aromatic rings. The third-order valence-corrected chi connectivity index (χ3v) is 9.67. The van der Waals surface area contributed by atoms with Crippen molar-refractivity contribution in [2.45, 2.75) is 76.2 Å². The molecule has 0 unspecified atom stereocenters. The number of sulfonamides is 1. The normalized spacial score (nSPS) is 26.0. The van der Waals surface area contributed by atoms with Gasteiger partial charge in [-0.05, 0) is 72.1 Å². The summed E-state index contributed by atoms with van der Waals surface area (Å²) >= 11 is 0. The number of benzene rings is 2. The van der Waals surface area contributed by atoms with Crippen molar-refractivity contribution < 1.29 is 13.2 Å². The first-order valence-electron chi connectivity index (χ1n) is 12.4. The predicted octanol–water partition coefficient (Wildman–Crippen LogP) is 4.91. The Balaban J connectivity index is 1.61. The van der Waals surface area contributed by atoms with E-state index >= 15 is 0 Å². The van der Waals surface area contributed by atoms with Gasteiger partial charge in [0.1, 0.15) is 0 Å². The standard InChI is InChI=1S/C28H38N2O3S/c1-21(31)29-25-14-16-28(19-22-8-6-5-7-9-22)20-30(17-15-24(28)18-25)34(32,33)26-12-10-23(11-13-26)27(2,3)4/h5-13,24-25H,14-20H2,1-4H3,(H,29,31)/t24-,25-,28-/m0/s1. The molecule has 2 aromatic carbocycles. The minimum Gasteiger partial charge on any atom is -0.354 e. The van der Waals surface area contributed by atoms with Gasteiger partial charge < -0.3 is 5.32 Å². The van der Waals surface area contributed by atoms with Gasteiger partial charge in [0.05, 0.1) is 4.90 Å². The van der Waals surface area contributed by atoms with E-state index < -0.39 is 10.0 Å². The minimum absolute atomic E-state index is 0.0132. The molecular formula is C28H38N2O3S. The summed E-state index contributed by atoms with van der Waals surface area (Å²) in [6.45, 7) is 9.02. The summed E-state index contributed by atoms with van der Waals surface area (Å²) in [6.07, 6.45) is 4.40. The van der Waals surface area contributed by atoms with Crippen LogP contribution in [0.3, 0.4) is 0 Å². The average molecular weight is 483 g/mol. The Hall–Kier alpha value is -2.18. The van der Waals surface area contributed by atoms with Crippen LogP contribution in [0.5, 0.6) is 0 Å². The lowest BCUT2D eigenvalue weighted by atomic mass is 9.59. The summed E-state index contributed by atoms with van der Waals surface area (Å²) in [7, 11) is -3.57. The van der Waals surface area contributed by atoms with E-state index in [0.717, 1.165) is 37.7 Å². The van der Waals surface area contributed by atoms with E-state index in [0.29, 0.717) is 23.9 Å². The van der Waals surface area contributed by atoms with Crippen molar-refractivity contribution in [2.75, 3.05) is 13.1 Å². The van der Waals surface area contributed by atoms with Gasteiger partial charge in [0, 0.05) is 26.1 Å². The molecule has 184 valence electrons. The number of rotatable bonds is 5. The number of hydrogen-bond acceptors (Lipinski definition) is 3. The molecule has 4 rings (SSSR count). The molecule has 0 aromatic heterocycles. The van der Waals surface area contributed by atoms with E-state index in [1.54, 1.807) is 23.4 Å². The van der Waals surface area contributed by atoms with Crippen LogP contribution in [0.1, 0.15) is 64.5 Å². The largest absolute Gasteiger partial charge is 0.354 e.